The summed E-state index contributed by atoms with van der Waals surface area (Å²) >= 11 is 0. The Bertz CT molecular complexity index is 1440. The number of aromatic nitrogens is 3. The van der Waals surface area contributed by atoms with Gasteiger partial charge < -0.3 is 14.2 Å². The summed E-state index contributed by atoms with van der Waals surface area (Å²) in [6.07, 6.45) is 5.69. The first-order valence-corrected chi connectivity index (χ1v) is 9.65. The number of fused-ring (bicyclic) bond motifs is 5. The van der Waals surface area contributed by atoms with Crippen LogP contribution in [0.4, 0.5) is 5.69 Å². The van der Waals surface area contributed by atoms with Gasteiger partial charge in [0, 0.05) is 48.6 Å². The Balaban J connectivity index is 0.00000245. The van der Waals surface area contributed by atoms with Gasteiger partial charge in [-0.3, -0.25) is 19.7 Å². The topological polar surface area (TPSA) is 120 Å². The number of aryl methyl sites for hydroxylation is 1. The molecule has 0 aliphatic heterocycles. The number of nitro benzene ring substituents is 1. The third kappa shape index (κ3) is 3.14. The summed E-state index contributed by atoms with van der Waals surface area (Å²) < 4.78 is 3.31. The van der Waals surface area contributed by atoms with Crippen molar-refractivity contribution in [3.05, 3.63) is 86.7 Å². The smallest absolute Gasteiger partial charge is 0.270 e. The van der Waals surface area contributed by atoms with E-state index in [4.69, 9.17) is 0 Å². The number of nitro groups is 1. The first kappa shape index (κ1) is 21.3. The van der Waals surface area contributed by atoms with E-state index in [9.17, 15) is 24.8 Å². The molecule has 0 atom stereocenters. The Morgan fingerprint density at radius 2 is 1.88 bits per heavy atom. The van der Waals surface area contributed by atoms with Crippen molar-refractivity contribution in [3.8, 4) is 17.0 Å². The lowest BCUT2D eigenvalue weighted by molar-refractivity contribution is -0.384. The van der Waals surface area contributed by atoms with Gasteiger partial charge in [-0.25, -0.2) is 4.98 Å². The minimum atomic E-state index is -0.572. The number of imidazole rings is 1. The average molecular weight is 453 g/mol. The van der Waals surface area contributed by atoms with Gasteiger partial charge in [0.25, 0.3) is 11.2 Å². The molecule has 1 aliphatic carbocycles. The van der Waals surface area contributed by atoms with Crippen molar-refractivity contribution in [1.82, 2.24) is 14.1 Å². The van der Waals surface area contributed by atoms with Crippen molar-refractivity contribution in [3.63, 3.8) is 0 Å². The summed E-state index contributed by atoms with van der Waals surface area (Å²) in [5, 5.41) is 22.2. The SMILES string of the molecule is Cl.O=C1c2cccc(O)c2-c2c1c1ccc([N+](=O)[O-])cc1c(=O)n2CCCn1ccnc1. The minimum absolute atomic E-state index is 0. The fourth-order valence-electron chi connectivity index (χ4n) is 4.20. The van der Waals surface area contributed by atoms with Gasteiger partial charge in [0.15, 0.2) is 5.78 Å². The van der Waals surface area contributed by atoms with Crippen LogP contribution < -0.4 is 5.56 Å². The zero-order chi connectivity index (χ0) is 21.7. The molecular weight excluding hydrogens is 436 g/mol. The number of hydrogen-bond acceptors (Lipinski definition) is 6. The van der Waals surface area contributed by atoms with Crippen LogP contribution in [0.5, 0.6) is 5.75 Å². The summed E-state index contributed by atoms with van der Waals surface area (Å²) in [4.78, 5) is 41.3. The molecule has 0 fully saturated rings. The Labute approximate surface area is 187 Å². The first-order valence-electron chi connectivity index (χ1n) is 9.65. The molecule has 0 spiro atoms. The molecule has 32 heavy (non-hydrogen) atoms. The maximum atomic E-state index is 13.4. The molecular formula is C22H17ClN4O5. The lowest BCUT2D eigenvalue weighted by atomic mass is 10.0. The van der Waals surface area contributed by atoms with Gasteiger partial charge in [0.1, 0.15) is 5.75 Å². The number of carbonyl (C=O) groups is 1. The second kappa shape index (κ2) is 7.93. The summed E-state index contributed by atoms with van der Waals surface area (Å²) in [6.45, 7) is 0.856. The maximum Gasteiger partial charge on any atom is 0.270 e. The van der Waals surface area contributed by atoms with Gasteiger partial charge in [0.05, 0.1) is 33.5 Å². The Morgan fingerprint density at radius 3 is 2.59 bits per heavy atom. The number of rotatable bonds is 5. The highest BCUT2D eigenvalue weighted by Gasteiger charge is 2.34. The van der Waals surface area contributed by atoms with Crippen molar-refractivity contribution in [1.29, 1.82) is 0 Å². The standard InChI is InChI=1S/C22H16N4O5.ClH/c27-17-4-1-3-15-18(17)20-19(21(15)28)14-6-5-13(26(30)31)11-16(14)22(29)25(20)9-2-8-24-10-7-23-12-24;/h1,3-7,10-12,27H,2,8-9H2;1H. The number of pyridine rings is 1. The highest BCUT2D eigenvalue weighted by atomic mass is 35.5. The first-order chi connectivity index (χ1) is 15.0. The number of ketones is 1. The molecule has 1 N–H and O–H groups in total. The van der Waals surface area contributed by atoms with Crippen molar-refractivity contribution < 1.29 is 14.8 Å². The van der Waals surface area contributed by atoms with Crippen molar-refractivity contribution >= 4 is 34.7 Å². The number of nitrogens with zero attached hydrogens (tertiary/aromatic N) is 4. The van der Waals surface area contributed by atoms with E-state index < -0.39 is 10.5 Å². The van der Waals surface area contributed by atoms with Crippen LogP contribution in [0.3, 0.4) is 0 Å². The van der Waals surface area contributed by atoms with E-state index in [2.05, 4.69) is 4.98 Å². The molecule has 0 saturated carbocycles. The molecule has 0 amide bonds. The second-order valence-electron chi connectivity index (χ2n) is 7.35. The maximum absolute atomic E-state index is 13.4. The van der Waals surface area contributed by atoms with Gasteiger partial charge in [-0.15, -0.1) is 12.4 Å². The van der Waals surface area contributed by atoms with E-state index in [0.29, 0.717) is 35.2 Å². The molecule has 1 aliphatic rings. The van der Waals surface area contributed by atoms with Crippen molar-refractivity contribution in [2.24, 2.45) is 0 Å². The molecule has 9 nitrogen and oxygen atoms in total. The molecule has 0 saturated heterocycles. The molecule has 0 radical (unpaired) electrons. The number of non-ortho nitro benzene ring substituents is 1. The summed E-state index contributed by atoms with van der Waals surface area (Å²) in [6, 6.07) is 8.58. The number of benzene rings is 2. The quantitative estimate of drug-likeness (QED) is 0.321. The summed E-state index contributed by atoms with van der Waals surface area (Å²) in [5.41, 5.74) is 0.608. The highest BCUT2D eigenvalue weighted by molar-refractivity contribution is 6.27. The van der Waals surface area contributed by atoms with Crippen LogP contribution in [0.2, 0.25) is 0 Å². The zero-order valence-electron chi connectivity index (χ0n) is 16.6. The largest absolute Gasteiger partial charge is 0.507 e. The second-order valence-corrected chi connectivity index (χ2v) is 7.35. The number of phenolic OH excluding ortho intramolecular Hbond substituents is 1. The molecule has 10 heteroatoms. The average Bonchev–Trinajstić information content (AvgIpc) is 3.37. The van der Waals surface area contributed by atoms with E-state index in [-0.39, 0.29) is 47.1 Å². The normalized spacial score (nSPS) is 11.8. The zero-order valence-corrected chi connectivity index (χ0v) is 17.4. The molecule has 162 valence electrons. The van der Waals surface area contributed by atoms with Gasteiger partial charge in [-0.05, 0) is 18.6 Å². The van der Waals surface area contributed by atoms with Crippen LogP contribution in [0.1, 0.15) is 22.3 Å². The molecule has 4 aromatic rings. The molecule has 0 unspecified atom stereocenters. The van der Waals surface area contributed by atoms with E-state index >= 15 is 0 Å². The minimum Gasteiger partial charge on any atom is -0.507 e. The van der Waals surface area contributed by atoms with Crippen LogP contribution in [0, 0.1) is 10.1 Å². The fraction of sp³-hybridized carbons (Fsp3) is 0.136. The van der Waals surface area contributed by atoms with E-state index in [1.165, 1.54) is 28.8 Å². The lowest BCUT2D eigenvalue weighted by Crippen LogP contribution is -2.24. The molecule has 2 heterocycles. The van der Waals surface area contributed by atoms with E-state index in [1.807, 2.05) is 10.8 Å². The Morgan fingerprint density at radius 1 is 1.06 bits per heavy atom. The van der Waals surface area contributed by atoms with Gasteiger partial charge in [-0.1, -0.05) is 12.1 Å². The molecule has 2 aromatic heterocycles. The highest BCUT2D eigenvalue weighted by Crippen LogP contribution is 2.44. The predicted molar refractivity (Wildman–Crippen MR) is 119 cm³/mol. The van der Waals surface area contributed by atoms with Gasteiger partial charge >= 0.3 is 0 Å². The molecule has 0 bridgehead atoms. The fourth-order valence-corrected chi connectivity index (χ4v) is 4.20. The third-order valence-corrected chi connectivity index (χ3v) is 5.57. The van der Waals surface area contributed by atoms with E-state index in [0.717, 1.165) is 0 Å². The van der Waals surface area contributed by atoms with Crippen LogP contribution in [0.25, 0.3) is 22.0 Å². The lowest BCUT2D eigenvalue weighted by Gasteiger charge is -2.15. The predicted octanol–water partition coefficient (Wildman–Crippen LogP) is 3.54. The summed E-state index contributed by atoms with van der Waals surface area (Å²) in [7, 11) is 0. The monoisotopic (exact) mass is 452 g/mol. The number of hydrogen-bond donors (Lipinski definition) is 1. The van der Waals surface area contributed by atoms with Gasteiger partial charge in [0.2, 0.25) is 0 Å². The number of phenols is 1. The number of aromatic hydroxyl groups is 1. The summed E-state index contributed by atoms with van der Waals surface area (Å²) in [5.74, 6) is -0.406. The Hall–Kier alpha value is -3.98. The molecule has 5 rings (SSSR count). The number of carbonyl (C=O) groups excluding carboxylic acids is 1. The molecule has 2 aromatic carbocycles. The van der Waals surface area contributed by atoms with Crippen LogP contribution >= 0.6 is 12.4 Å². The van der Waals surface area contributed by atoms with Gasteiger partial charge in [-0.2, -0.15) is 0 Å². The van der Waals surface area contributed by atoms with Crippen LogP contribution in [-0.2, 0) is 13.1 Å². The van der Waals surface area contributed by atoms with Crippen LogP contribution in [0.15, 0.2) is 59.9 Å². The number of halogens is 1. The van der Waals surface area contributed by atoms with Crippen LogP contribution in [-0.4, -0.2) is 29.9 Å². The third-order valence-electron chi connectivity index (χ3n) is 5.57. The van der Waals surface area contributed by atoms with Crippen molar-refractivity contribution in [2.45, 2.75) is 19.5 Å². The Kier molecular flexibility index (Phi) is 5.27. The van der Waals surface area contributed by atoms with Crippen molar-refractivity contribution in [2.75, 3.05) is 0 Å². The van der Waals surface area contributed by atoms with E-state index in [1.54, 1.807) is 24.7 Å².